The maximum Gasteiger partial charge on any atom is 0.307 e. The Bertz CT molecular complexity index is 1160. The minimum Gasteiger partial charge on any atom is -0.453 e. The van der Waals surface area contributed by atoms with Crippen LogP contribution < -0.4 is 10.9 Å². The summed E-state index contributed by atoms with van der Waals surface area (Å²) in [5, 5.41) is 2.54. The van der Waals surface area contributed by atoms with Gasteiger partial charge in [-0.3, -0.25) is 19.0 Å². The number of hydrogen-bond acceptors (Lipinski definition) is 5. The van der Waals surface area contributed by atoms with Crippen LogP contribution in [0.25, 0.3) is 10.9 Å². The van der Waals surface area contributed by atoms with Crippen molar-refractivity contribution < 1.29 is 23.1 Å². The molecule has 0 aliphatic heterocycles. The fourth-order valence-corrected chi connectivity index (χ4v) is 2.85. The van der Waals surface area contributed by atoms with E-state index in [1.54, 1.807) is 31.3 Å². The van der Waals surface area contributed by atoms with Crippen LogP contribution >= 0.6 is 0 Å². The molecule has 2 aromatic carbocycles. The van der Waals surface area contributed by atoms with Gasteiger partial charge >= 0.3 is 5.97 Å². The predicted molar refractivity (Wildman–Crippen MR) is 106 cm³/mol. The molecule has 0 aliphatic carbocycles. The van der Waals surface area contributed by atoms with Gasteiger partial charge in [0.05, 0.1) is 17.3 Å². The van der Waals surface area contributed by atoms with Crippen LogP contribution in [0.2, 0.25) is 0 Å². The van der Waals surface area contributed by atoms with Gasteiger partial charge in [0, 0.05) is 13.5 Å². The summed E-state index contributed by atoms with van der Waals surface area (Å²) in [6.07, 6.45) is -1.29. The third kappa shape index (κ3) is 4.51. The van der Waals surface area contributed by atoms with E-state index in [1.807, 2.05) is 0 Å². The van der Waals surface area contributed by atoms with Gasteiger partial charge in [-0.1, -0.05) is 18.2 Å². The zero-order chi connectivity index (χ0) is 21.8. The molecular formula is C21H19F2N3O4. The van der Waals surface area contributed by atoms with E-state index in [1.165, 1.54) is 11.5 Å². The number of anilines is 1. The molecule has 1 heterocycles. The number of nitrogens with zero attached hydrogens (tertiary/aromatic N) is 2. The fourth-order valence-electron chi connectivity index (χ4n) is 2.85. The van der Waals surface area contributed by atoms with Gasteiger partial charge in [-0.15, -0.1) is 0 Å². The highest BCUT2D eigenvalue weighted by Gasteiger charge is 2.21. The van der Waals surface area contributed by atoms with Crippen molar-refractivity contribution in [1.82, 2.24) is 9.55 Å². The molecule has 1 aromatic heterocycles. The standard InChI is InChI=1S/C21H19F2N3O4/c1-12(20(28)25-19-14(22)7-5-8-15(19)23)30-18(27)11-10-17-24-16-9-4-3-6-13(16)21(29)26(17)2/h3-9,12H,10-11H2,1-2H3,(H,25,28). The monoisotopic (exact) mass is 415 g/mol. The van der Waals surface area contributed by atoms with Gasteiger partial charge in [-0.25, -0.2) is 13.8 Å². The fraction of sp³-hybridized carbons (Fsp3) is 0.238. The lowest BCUT2D eigenvalue weighted by atomic mass is 10.2. The molecule has 1 atom stereocenters. The van der Waals surface area contributed by atoms with Gasteiger partial charge in [0.25, 0.3) is 11.5 Å². The highest BCUT2D eigenvalue weighted by molar-refractivity contribution is 5.95. The third-order valence-electron chi connectivity index (χ3n) is 4.52. The smallest absolute Gasteiger partial charge is 0.307 e. The molecule has 3 rings (SSSR count). The van der Waals surface area contributed by atoms with Crippen LogP contribution in [0.4, 0.5) is 14.5 Å². The maximum absolute atomic E-state index is 13.6. The Morgan fingerprint density at radius 3 is 2.50 bits per heavy atom. The Balaban J connectivity index is 1.62. The molecule has 7 nitrogen and oxygen atoms in total. The van der Waals surface area contributed by atoms with Crippen LogP contribution in [0, 0.1) is 11.6 Å². The van der Waals surface area contributed by atoms with Crippen molar-refractivity contribution in [3.8, 4) is 0 Å². The lowest BCUT2D eigenvalue weighted by Crippen LogP contribution is -2.31. The van der Waals surface area contributed by atoms with Gasteiger partial charge in [0.15, 0.2) is 6.10 Å². The molecule has 0 saturated carbocycles. The zero-order valence-electron chi connectivity index (χ0n) is 16.3. The summed E-state index contributed by atoms with van der Waals surface area (Å²) in [5.41, 5.74) is -0.326. The third-order valence-corrected chi connectivity index (χ3v) is 4.52. The van der Waals surface area contributed by atoms with Crippen LogP contribution in [0.15, 0.2) is 47.3 Å². The van der Waals surface area contributed by atoms with Crippen LogP contribution in [0.5, 0.6) is 0 Å². The molecule has 0 spiro atoms. The number of hydrogen-bond donors (Lipinski definition) is 1. The molecule has 156 valence electrons. The first-order chi connectivity index (χ1) is 14.3. The number of ether oxygens (including phenoxy) is 1. The van der Waals surface area contributed by atoms with Crippen molar-refractivity contribution in [3.05, 3.63) is 70.3 Å². The van der Waals surface area contributed by atoms with Crippen molar-refractivity contribution in [2.45, 2.75) is 25.9 Å². The predicted octanol–water partition coefficient (Wildman–Crippen LogP) is 2.71. The number of amides is 1. The molecule has 1 N–H and O–H groups in total. The minimum atomic E-state index is -1.27. The van der Waals surface area contributed by atoms with E-state index < -0.39 is 35.3 Å². The van der Waals surface area contributed by atoms with Crippen molar-refractivity contribution in [2.75, 3.05) is 5.32 Å². The number of benzene rings is 2. The van der Waals surface area contributed by atoms with E-state index in [9.17, 15) is 23.2 Å². The number of carbonyl (C=O) groups excluding carboxylic acids is 2. The zero-order valence-corrected chi connectivity index (χ0v) is 16.3. The summed E-state index contributed by atoms with van der Waals surface area (Å²) in [7, 11) is 1.56. The highest BCUT2D eigenvalue weighted by Crippen LogP contribution is 2.18. The van der Waals surface area contributed by atoms with E-state index in [2.05, 4.69) is 10.3 Å². The van der Waals surface area contributed by atoms with Crippen LogP contribution in [-0.2, 0) is 27.8 Å². The first kappa shape index (κ1) is 21.1. The van der Waals surface area contributed by atoms with Gasteiger partial charge in [-0.2, -0.15) is 0 Å². The Morgan fingerprint density at radius 1 is 1.13 bits per heavy atom. The lowest BCUT2D eigenvalue weighted by molar-refractivity contribution is -0.153. The minimum absolute atomic E-state index is 0.117. The topological polar surface area (TPSA) is 90.3 Å². The first-order valence-corrected chi connectivity index (χ1v) is 9.17. The summed E-state index contributed by atoms with van der Waals surface area (Å²) >= 11 is 0. The van der Waals surface area contributed by atoms with Crippen LogP contribution in [0.3, 0.4) is 0 Å². The number of aromatic nitrogens is 2. The van der Waals surface area contributed by atoms with E-state index in [-0.39, 0.29) is 18.4 Å². The molecule has 1 unspecified atom stereocenters. The van der Waals surface area contributed by atoms with Gasteiger partial charge in [-0.05, 0) is 31.2 Å². The summed E-state index contributed by atoms with van der Waals surface area (Å²) in [5.74, 6) is -3.07. The molecule has 30 heavy (non-hydrogen) atoms. The average molecular weight is 415 g/mol. The molecule has 3 aromatic rings. The van der Waals surface area contributed by atoms with E-state index in [0.717, 1.165) is 18.2 Å². The quantitative estimate of drug-likeness (QED) is 0.626. The van der Waals surface area contributed by atoms with Gasteiger partial charge < -0.3 is 10.1 Å². The van der Waals surface area contributed by atoms with Crippen LogP contribution in [0.1, 0.15) is 19.2 Å². The molecule has 0 radical (unpaired) electrons. The SMILES string of the molecule is CC(OC(=O)CCc1nc2ccccc2c(=O)n1C)C(=O)Nc1c(F)cccc1F. The Labute approximate surface area is 170 Å². The molecule has 1 amide bonds. The molecule has 0 aliphatic rings. The number of esters is 1. The Hall–Kier alpha value is -3.62. The Kier molecular flexibility index (Phi) is 6.20. The number of rotatable bonds is 6. The molecule has 9 heteroatoms. The number of nitrogens with one attached hydrogen (secondary N) is 1. The lowest BCUT2D eigenvalue weighted by Gasteiger charge is -2.14. The van der Waals surface area contributed by atoms with E-state index in [0.29, 0.717) is 16.7 Å². The summed E-state index contributed by atoms with van der Waals surface area (Å²) in [4.78, 5) is 41.0. The van der Waals surface area contributed by atoms with E-state index in [4.69, 9.17) is 4.74 Å². The largest absolute Gasteiger partial charge is 0.453 e. The van der Waals surface area contributed by atoms with Crippen molar-refractivity contribution in [2.24, 2.45) is 7.05 Å². The number of fused-ring (bicyclic) bond motifs is 1. The van der Waals surface area contributed by atoms with Crippen molar-refractivity contribution >= 4 is 28.5 Å². The highest BCUT2D eigenvalue weighted by atomic mass is 19.1. The number of halogens is 2. The molecule has 0 bridgehead atoms. The average Bonchev–Trinajstić information content (AvgIpc) is 2.72. The first-order valence-electron chi connectivity index (χ1n) is 9.17. The second-order valence-electron chi connectivity index (χ2n) is 6.63. The molecular weight excluding hydrogens is 396 g/mol. The van der Waals surface area contributed by atoms with E-state index >= 15 is 0 Å². The summed E-state index contributed by atoms with van der Waals surface area (Å²) < 4.78 is 33.6. The molecule has 0 saturated heterocycles. The number of para-hydroxylation sites is 2. The van der Waals surface area contributed by atoms with Crippen LogP contribution in [-0.4, -0.2) is 27.5 Å². The van der Waals surface area contributed by atoms with Gasteiger partial charge in [0.2, 0.25) is 0 Å². The number of carbonyl (C=O) groups is 2. The maximum atomic E-state index is 13.6. The van der Waals surface area contributed by atoms with Crippen molar-refractivity contribution in [3.63, 3.8) is 0 Å². The molecule has 0 fully saturated rings. The number of aryl methyl sites for hydroxylation is 1. The Morgan fingerprint density at radius 2 is 1.80 bits per heavy atom. The summed E-state index contributed by atoms with van der Waals surface area (Å²) in [6.45, 7) is 1.29. The summed E-state index contributed by atoms with van der Waals surface area (Å²) in [6, 6.07) is 10.0. The van der Waals surface area contributed by atoms with Crippen molar-refractivity contribution in [1.29, 1.82) is 0 Å². The van der Waals surface area contributed by atoms with Gasteiger partial charge in [0.1, 0.15) is 23.1 Å². The normalized spacial score (nSPS) is 11.9. The second-order valence-corrected chi connectivity index (χ2v) is 6.63. The second kappa shape index (κ2) is 8.81.